The molecule has 1 aromatic carbocycles. The highest BCUT2D eigenvalue weighted by Crippen LogP contribution is 2.21. The first-order valence-electron chi connectivity index (χ1n) is 7.54. The molecule has 1 aromatic rings. The van der Waals surface area contributed by atoms with Gasteiger partial charge in [-0.2, -0.15) is 0 Å². The average molecular weight is 377 g/mol. The average Bonchev–Trinajstić information content (AvgIpc) is 2.55. The van der Waals surface area contributed by atoms with E-state index in [2.05, 4.69) is 18.7 Å². The van der Waals surface area contributed by atoms with E-state index in [0.29, 0.717) is 24.7 Å². The van der Waals surface area contributed by atoms with Crippen molar-refractivity contribution in [3.8, 4) is 0 Å². The van der Waals surface area contributed by atoms with Crippen molar-refractivity contribution in [3.05, 3.63) is 28.8 Å². The zero-order valence-electron chi connectivity index (χ0n) is 14.0. The summed E-state index contributed by atoms with van der Waals surface area (Å²) in [6.07, 6.45) is 0. The Morgan fingerprint density at radius 3 is 2.33 bits per heavy atom. The summed E-state index contributed by atoms with van der Waals surface area (Å²) in [5, 5.41) is 7.45. The molecule has 2 N–H and O–H groups in total. The molecule has 0 aromatic heterocycles. The topological polar surface area (TPSA) is 95.9 Å². The molecule has 1 amide bonds. The third-order valence-electron chi connectivity index (χ3n) is 3.69. The third-order valence-corrected chi connectivity index (χ3v) is 4.83. The van der Waals surface area contributed by atoms with Crippen LogP contribution in [0.25, 0.3) is 0 Å². The molecule has 1 aliphatic heterocycles. The molecule has 7 nitrogen and oxygen atoms in total. The lowest BCUT2D eigenvalue weighted by Crippen LogP contribution is -2.50. The number of amides is 1. The van der Waals surface area contributed by atoms with Crippen molar-refractivity contribution in [1.29, 1.82) is 0 Å². The van der Waals surface area contributed by atoms with Crippen molar-refractivity contribution in [2.24, 2.45) is 0 Å². The summed E-state index contributed by atoms with van der Waals surface area (Å²) in [7, 11) is 1.43. The minimum absolute atomic E-state index is 0.0386. The predicted molar refractivity (Wildman–Crippen MR) is 92.1 cm³/mol. The third kappa shape index (κ3) is 5.80. The molecule has 0 bridgehead atoms. The van der Waals surface area contributed by atoms with E-state index >= 15 is 0 Å². The molecule has 0 saturated carbocycles. The predicted octanol–water partition coefficient (Wildman–Crippen LogP) is 1.34. The largest absolute Gasteiger partial charge is 0.768 e. The van der Waals surface area contributed by atoms with Gasteiger partial charge >= 0.3 is 0 Å². The molecule has 0 aliphatic carbocycles. The van der Waals surface area contributed by atoms with Crippen LogP contribution < -0.4 is 5.48 Å². The van der Waals surface area contributed by atoms with Gasteiger partial charge in [-0.1, -0.05) is 11.6 Å². The maximum atomic E-state index is 12.4. The summed E-state index contributed by atoms with van der Waals surface area (Å²) < 4.78 is 22.1. The van der Waals surface area contributed by atoms with Crippen LogP contribution in [0, 0.1) is 0 Å². The Labute approximate surface area is 149 Å². The standard InChI is InChI=1S/C14H19ClN2O3S.CH5NO/c1-10(2)16-5-7-17(8-6-16)14(18)11-3-4-12(15)13(9-11)21(19)20;1-2-3/h3-4,9-10H,5-8H2,1-2H3,(H,19,20);2-3H,1H3/p-1. The molecule has 1 unspecified atom stereocenters. The van der Waals surface area contributed by atoms with E-state index < -0.39 is 11.1 Å². The van der Waals surface area contributed by atoms with Crippen LogP contribution in [0.2, 0.25) is 5.02 Å². The number of hydroxylamine groups is 1. The number of hydrogen-bond donors (Lipinski definition) is 2. The fourth-order valence-corrected chi connectivity index (χ4v) is 3.15. The fourth-order valence-electron chi connectivity index (χ4n) is 2.39. The minimum atomic E-state index is -2.45. The molecule has 1 atom stereocenters. The number of benzene rings is 1. The molecule has 0 spiro atoms. The van der Waals surface area contributed by atoms with Crippen molar-refractivity contribution >= 4 is 28.6 Å². The van der Waals surface area contributed by atoms with Gasteiger partial charge in [-0.15, -0.1) is 0 Å². The Hall–Kier alpha value is -1.03. The van der Waals surface area contributed by atoms with Crippen molar-refractivity contribution < 1.29 is 18.8 Å². The molecule has 136 valence electrons. The smallest absolute Gasteiger partial charge is 0.253 e. The second-order valence-corrected chi connectivity index (χ2v) is 6.84. The Balaban J connectivity index is 0.000000891. The number of nitrogens with zero attached hydrogens (tertiary/aromatic N) is 2. The quantitative estimate of drug-likeness (QED) is 0.610. The van der Waals surface area contributed by atoms with Gasteiger partial charge in [0.05, 0.1) is 5.02 Å². The van der Waals surface area contributed by atoms with Gasteiger partial charge in [0.25, 0.3) is 5.91 Å². The lowest BCUT2D eigenvalue weighted by Gasteiger charge is -2.37. The van der Waals surface area contributed by atoms with Crippen LogP contribution in [0.5, 0.6) is 0 Å². The van der Waals surface area contributed by atoms with E-state index in [4.69, 9.17) is 16.8 Å². The highest BCUT2D eigenvalue weighted by atomic mass is 35.5. The monoisotopic (exact) mass is 376 g/mol. The molecule has 0 radical (unpaired) electrons. The first-order chi connectivity index (χ1) is 11.3. The SMILES string of the molecule is CC(C)N1CCN(C(=O)c2ccc(Cl)c(S(=O)[O-])c2)CC1.CNO. The molecule has 1 aliphatic rings. The van der Waals surface area contributed by atoms with Crippen LogP contribution in [0.1, 0.15) is 24.2 Å². The molecule has 1 fully saturated rings. The summed E-state index contributed by atoms with van der Waals surface area (Å²) in [6, 6.07) is 4.82. The maximum absolute atomic E-state index is 12.4. The zero-order valence-corrected chi connectivity index (χ0v) is 15.6. The van der Waals surface area contributed by atoms with Gasteiger partial charge in [-0.25, -0.2) is 5.48 Å². The van der Waals surface area contributed by atoms with Gasteiger partial charge in [0, 0.05) is 49.7 Å². The number of nitrogens with one attached hydrogen (secondary N) is 1. The zero-order chi connectivity index (χ0) is 18.3. The number of rotatable bonds is 3. The van der Waals surface area contributed by atoms with Crippen LogP contribution >= 0.6 is 11.6 Å². The first-order valence-corrected chi connectivity index (χ1v) is 9.00. The fraction of sp³-hybridized carbons (Fsp3) is 0.533. The van der Waals surface area contributed by atoms with Crippen LogP contribution in [-0.4, -0.2) is 68.9 Å². The Bertz CT molecular complexity index is 578. The summed E-state index contributed by atoms with van der Waals surface area (Å²) in [6.45, 7) is 7.22. The minimum Gasteiger partial charge on any atom is -0.768 e. The van der Waals surface area contributed by atoms with Gasteiger partial charge in [0.1, 0.15) is 0 Å². The van der Waals surface area contributed by atoms with Crippen LogP contribution in [0.15, 0.2) is 23.1 Å². The molecule has 24 heavy (non-hydrogen) atoms. The number of hydrogen-bond acceptors (Lipinski definition) is 6. The van der Waals surface area contributed by atoms with E-state index in [1.54, 1.807) is 16.4 Å². The molecular weight excluding hydrogens is 354 g/mol. The number of halogens is 1. The molecular formula is C15H23ClN3O4S-. The van der Waals surface area contributed by atoms with Crippen molar-refractivity contribution in [2.45, 2.75) is 24.8 Å². The lowest BCUT2D eigenvalue weighted by atomic mass is 10.1. The van der Waals surface area contributed by atoms with E-state index in [-0.39, 0.29) is 15.8 Å². The molecule has 9 heteroatoms. The molecule has 2 rings (SSSR count). The maximum Gasteiger partial charge on any atom is 0.253 e. The summed E-state index contributed by atoms with van der Waals surface area (Å²) >= 11 is 3.37. The van der Waals surface area contributed by atoms with E-state index in [1.165, 1.54) is 19.2 Å². The first kappa shape index (κ1) is 21.0. The number of piperazine rings is 1. The van der Waals surface area contributed by atoms with Gasteiger partial charge in [0.2, 0.25) is 0 Å². The van der Waals surface area contributed by atoms with Crippen LogP contribution in [0.3, 0.4) is 0 Å². The second kappa shape index (κ2) is 10.1. The highest BCUT2D eigenvalue weighted by molar-refractivity contribution is 7.79. The number of carbonyl (C=O) groups excluding carboxylic acids is 1. The van der Waals surface area contributed by atoms with Crippen molar-refractivity contribution in [2.75, 3.05) is 33.2 Å². The van der Waals surface area contributed by atoms with Gasteiger partial charge in [-0.05, 0) is 43.1 Å². The lowest BCUT2D eigenvalue weighted by molar-refractivity contribution is 0.0595. The van der Waals surface area contributed by atoms with E-state index in [0.717, 1.165) is 13.1 Å². The normalized spacial score (nSPS) is 16.5. The highest BCUT2D eigenvalue weighted by Gasteiger charge is 2.23. The summed E-state index contributed by atoms with van der Waals surface area (Å²) in [5.41, 5.74) is 2.11. The number of carbonyl (C=O) groups is 1. The summed E-state index contributed by atoms with van der Waals surface area (Å²) in [4.78, 5) is 16.4. The molecule has 1 saturated heterocycles. The van der Waals surface area contributed by atoms with E-state index in [1.807, 2.05) is 0 Å². The van der Waals surface area contributed by atoms with Gasteiger partial charge < -0.3 is 14.7 Å². The Morgan fingerprint density at radius 2 is 1.88 bits per heavy atom. The Morgan fingerprint density at radius 1 is 1.33 bits per heavy atom. The van der Waals surface area contributed by atoms with Crippen molar-refractivity contribution in [3.63, 3.8) is 0 Å². The Kier molecular flexibility index (Phi) is 8.82. The van der Waals surface area contributed by atoms with E-state index in [9.17, 15) is 13.6 Å². The summed E-state index contributed by atoms with van der Waals surface area (Å²) in [5.74, 6) is -0.151. The van der Waals surface area contributed by atoms with Crippen LogP contribution in [-0.2, 0) is 11.1 Å². The van der Waals surface area contributed by atoms with Crippen LogP contribution in [0.4, 0.5) is 0 Å². The van der Waals surface area contributed by atoms with Gasteiger partial charge in [0.15, 0.2) is 0 Å². The molecule has 1 heterocycles. The van der Waals surface area contributed by atoms with Crippen molar-refractivity contribution in [1.82, 2.24) is 15.3 Å². The second-order valence-electron chi connectivity index (χ2n) is 5.53. The van der Waals surface area contributed by atoms with Gasteiger partial charge in [-0.3, -0.25) is 13.9 Å².